The quantitative estimate of drug-likeness (QED) is 0.0975. The number of likely N-dealkylation sites (N-methyl/N-ethyl adjacent to an activating group) is 2. The van der Waals surface area contributed by atoms with Crippen molar-refractivity contribution in [3.8, 4) is 0 Å². The lowest BCUT2D eigenvalue weighted by Gasteiger charge is -2.21. The molecule has 2 N–H and O–H groups in total. The van der Waals surface area contributed by atoms with Gasteiger partial charge in [-0.25, -0.2) is 0 Å². The van der Waals surface area contributed by atoms with E-state index in [2.05, 4.69) is 48.1 Å². The second-order valence-electron chi connectivity index (χ2n) is 11.9. The zero-order valence-electron chi connectivity index (χ0n) is 28.0. The molecular weight excluding hydrogens is 520 g/mol. The molecule has 0 saturated carbocycles. The van der Waals surface area contributed by atoms with Gasteiger partial charge in [0, 0.05) is 26.2 Å². The molecule has 1 rings (SSSR count). The first kappa shape index (κ1) is 38.1. The standard InChI is InChI=1S/C36H66N4O2/c1-5-9-11-13-15-17-19-23-29-39(7-3)31-27-37-35(41)33-25-21-22-26-34(33)36(42)38-28-32-40(8-4)30-24-20-18-16-14-12-10-6-2/h21-22,25-26H,5-20,23-24,27-32H2,1-4H3,(H,37,41)(H,38,42). The molecule has 0 unspecified atom stereocenters. The fourth-order valence-electron chi connectivity index (χ4n) is 5.52. The number of unbranched alkanes of at least 4 members (excludes halogenated alkanes) is 14. The Hall–Kier alpha value is -1.92. The van der Waals surface area contributed by atoms with Crippen LogP contribution in [0.2, 0.25) is 0 Å². The van der Waals surface area contributed by atoms with E-state index >= 15 is 0 Å². The molecule has 6 heteroatoms. The van der Waals surface area contributed by atoms with Crippen LogP contribution in [0.5, 0.6) is 0 Å². The minimum absolute atomic E-state index is 0.172. The van der Waals surface area contributed by atoms with E-state index in [9.17, 15) is 9.59 Å². The van der Waals surface area contributed by atoms with Gasteiger partial charge < -0.3 is 20.4 Å². The highest BCUT2D eigenvalue weighted by atomic mass is 16.2. The lowest BCUT2D eigenvalue weighted by atomic mass is 10.1. The minimum atomic E-state index is -0.172. The fraction of sp³-hybridized carbons (Fsp3) is 0.778. The number of benzene rings is 1. The monoisotopic (exact) mass is 587 g/mol. The topological polar surface area (TPSA) is 64.7 Å². The van der Waals surface area contributed by atoms with E-state index < -0.39 is 0 Å². The SMILES string of the molecule is CCCCCCCCCCN(CC)CCNC(=O)c1ccccc1C(=O)NCCN(CC)CCCCCCCCCC. The smallest absolute Gasteiger partial charge is 0.252 e. The van der Waals surface area contributed by atoms with Crippen LogP contribution in [0.15, 0.2) is 24.3 Å². The second-order valence-corrected chi connectivity index (χ2v) is 11.9. The molecule has 0 bridgehead atoms. The van der Waals surface area contributed by atoms with Crippen LogP contribution in [0.25, 0.3) is 0 Å². The normalized spacial score (nSPS) is 11.4. The molecule has 1 aromatic carbocycles. The number of hydrogen-bond donors (Lipinski definition) is 2. The molecule has 0 aliphatic rings. The zero-order valence-corrected chi connectivity index (χ0v) is 28.0. The highest BCUT2D eigenvalue weighted by Gasteiger charge is 2.16. The summed E-state index contributed by atoms with van der Waals surface area (Å²) in [5.74, 6) is -0.345. The molecule has 0 saturated heterocycles. The van der Waals surface area contributed by atoms with Gasteiger partial charge in [-0.2, -0.15) is 0 Å². The Bertz CT molecular complexity index is 735. The van der Waals surface area contributed by atoms with Gasteiger partial charge in [-0.1, -0.05) is 130 Å². The molecule has 0 aliphatic heterocycles. The van der Waals surface area contributed by atoms with Crippen LogP contribution in [0, 0.1) is 0 Å². The van der Waals surface area contributed by atoms with Crippen molar-refractivity contribution in [1.82, 2.24) is 20.4 Å². The Morgan fingerprint density at radius 3 is 1.17 bits per heavy atom. The predicted molar refractivity (Wildman–Crippen MR) is 181 cm³/mol. The van der Waals surface area contributed by atoms with Crippen LogP contribution in [0.3, 0.4) is 0 Å². The van der Waals surface area contributed by atoms with Crippen molar-refractivity contribution in [2.24, 2.45) is 0 Å². The highest BCUT2D eigenvalue weighted by molar-refractivity contribution is 6.07. The van der Waals surface area contributed by atoms with E-state index in [0.29, 0.717) is 24.2 Å². The van der Waals surface area contributed by atoms with Gasteiger partial charge in [0.25, 0.3) is 11.8 Å². The Balaban J connectivity index is 2.34. The third-order valence-corrected chi connectivity index (χ3v) is 8.39. The first-order valence-electron chi connectivity index (χ1n) is 17.7. The van der Waals surface area contributed by atoms with Crippen molar-refractivity contribution in [3.05, 3.63) is 35.4 Å². The summed E-state index contributed by atoms with van der Waals surface area (Å²) in [5, 5.41) is 6.10. The number of hydrogen-bond acceptors (Lipinski definition) is 4. The third kappa shape index (κ3) is 18.6. The molecule has 242 valence electrons. The maximum Gasteiger partial charge on any atom is 0.252 e. The van der Waals surface area contributed by atoms with E-state index in [0.717, 1.165) is 39.3 Å². The average molecular weight is 587 g/mol. The van der Waals surface area contributed by atoms with Gasteiger partial charge >= 0.3 is 0 Å². The van der Waals surface area contributed by atoms with Crippen LogP contribution in [0.4, 0.5) is 0 Å². The first-order valence-corrected chi connectivity index (χ1v) is 17.7. The Morgan fingerprint density at radius 2 is 0.833 bits per heavy atom. The van der Waals surface area contributed by atoms with Gasteiger partial charge in [-0.15, -0.1) is 0 Å². The third-order valence-electron chi connectivity index (χ3n) is 8.39. The maximum absolute atomic E-state index is 13.0. The molecule has 0 radical (unpaired) electrons. The summed E-state index contributed by atoms with van der Waals surface area (Å²) < 4.78 is 0. The number of nitrogens with one attached hydrogen (secondary N) is 2. The summed E-state index contributed by atoms with van der Waals surface area (Å²) >= 11 is 0. The van der Waals surface area contributed by atoms with Crippen LogP contribution in [0.1, 0.15) is 151 Å². The van der Waals surface area contributed by atoms with Gasteiger partial charge in [0.05, 0.1) is 11.1 Å². The van der Waals surface area contributed by atoms with E-state index in [1.54, 1.807) is 12.1 Å². The molecule has 0 heterocycles. The second kappa shape index (κ2) is 26.7. The van der Waals surface area contributed by atoms with Gasteiger partial charge in [0.15, 0.2) is 0 Å². The molecule has 0 atom stereocenters. The average Bonchev–Trinajstić information content (AvgIpc) is 3.01. The van der Waals surface area contributed by atoms with Crippen molar-refractivity contribution < 1.29 is 9.59 Å². The lowest BCUT2D eigenvalue weighted by molar-refractivity contribution is 0.0914. The molecule has 2 amide bonds. The van der Waals surface area contributed by atoms with Crippen molar-refractivity contribution in [2.75, 3.05) is 52.4 Å². The van der Waals surface area contributed by atoms with Crippen LogP contribution in [-0.2, 0) is 0 Å². The molecule has 0 spiro atoms. The Labute approximate surface area is 259 Å². The van der Waals surface area contributed by atoms with Gasteiger partial charge in [-0.3, -0.25) is 9.59 Å². The van der Waals surface area contributed by atoms with Crippen molar-refractivity contribution >= 4 is 11.8 Å². The predicted octanol–water partition coefficient (Wildman–Crippen LogP) is 8.07. The molecule has 0 aliphatic carbocycles. The molecule has 42 heavy (non-hydrogen) atoms. The summed E-state index contributed by atoms with van der Waals surface area (Å²) in [7, 11) is 0. The molecule has 1 aromatic rings. The summed E-state index contributed by atoms with van der Waals surface area (Å²) in [6.45, 7) is 15.9. The van der Waals surface area contributed by atoms with Gasteiger partial charge in [0.2, 0.25) is 0 Å². The highest BCUT2D eigenvalue weighted by Crippen LogP contribution is 2.11. The van der Waals surface area contributed by atoms with Crippen LogP contribution in [-0.4, -0.2) is 74.0 Å². The van der Waals surface area contributed by atoms with Gasteiger partial charge in [0.1, 0.15) is 0 Å². The molecule has 0 fully saturated rings. The fourth-order valence-corrected chi connectivity index (χ4v) is 5.52. The number of carbonyl (C=O) groups is 2. The largest absolute Gasteiger partial charge is 0.351 e. The van der Waals surface area contributed by atoms with Crippen molar-refractivity contribution in [2.45, 2.75) is 130 Å². The van der Waals surface area contributed by atoms with Crippen molar-refractivity contribution in [1.29, 1.82) is 0 Å². The Kier molecular flexibility index (Phi) is 24.2. The van der Waals surface area contributed by atoms with E-state index in [-0.39, 0.29) is 11.8 Å². The zero-order chi connectivity index (χ0) is 30.7. The van der Waals surface area contributed by atoms with Crippen LogP contribution >= 0.6 is 0 Å². The van der Waals surface area contributed by atoms with Crippen LogP contribution < -0.4 is 10.6 Å². The number of amides is 2. The molecular formula is C36H66N4O2. The first-order chi connectivity index (χ1) is 20.6. The Morgan fingerprint density at radius 1 is 0.500 bits per heavy atom. The summed E-state index contributed by atoms with van der Waals surface area (Å²) in [6.07, 6.45) is 21.2. The van der Waals surface area contributed by atoms with E-state index in [4.69, 9.17) is 0 Å². The van der Waals surface area contributed by atoms with E-state index in [1.807, 2.05) is 12.1 Å². The summed E-state index contributed by atoms with van der Waals surface area (Å²) in [4.78, 5) is 30.8. The lowest BCUT2D eigenvalue weighted by Crippen LogP contribution is -2.37. The summed E-state index contributed by atoms with van der Waals surface area (Å²) in [6, 6.07) is 7.16. The minimum Gasteiger partial charge on any atom is -0.351 e. The summed E-state index contributed by atoms with van der Waals surface area (Å²) in [5.41, 5.74) is 0.903. The van der Waals surface area contributed by atoms with Crippen molar-refractivity contribution in [3.63, 3.8) is 0 Å². The molecule has 0 aromatic heterocycles. The maximum atomic E-state index is 13.0. The number of carbonyl (C=O) groups excluding carboxylic acids is 2. The molecule has 6 nitrogen and oxygen atoms in total. The van der Waals surface area contributed by atoms with Gasteiger partial charge in [-0.05, 0) is 51.2 Å². The number of nitrogens with zero attached hydrogens (tertiary/aromatic N) is 2. The van der Waals surface area contributed by atoms with E-state index in [1.165, 1.54) is 103 Å². The number of rotatable bonds is 28.